The van der Waals surface area contributed by atoms with Crippen LogP contribution in [-0.4, -0.2) is 155 Å². The molecule has 0 aliphatic carbocycles. The Balaban J connectivity index is 2.10. The van der Waals surface area contributed by atoms with E-state index in [2.05, 4.69) is 0 Å². The fraction of sp³-hybridized carbons (Fsp3) is 0.810. The summed E-state index contributed by atoms with van der Waals surface area (Å²) < 4.78 is 0. The molecule has 2 heterocycles. The summed E-state index contributed by atoms with van der Waals surface area (Å²) in [5.41, 5.74) is 0. The van der Waals surface area contributed by atoms with E-state index in [0.717, 1.165) is 32.4 Å². The van der Waals surface area contributed by atoms with Crippen LogP contribution < -0.4 is 0 Å². The minimum absolute atomic E-state index is 0.0454. The highest BCUT2D eigenvalue weighted by Crippen LogP contribution is 2.10. The lowest BCUT2D eigenvalue weighted by atomic mass is 10.1. The molecule has 0 aromatic heterocycles. The summed E-state index contributed by atoms with van der Waals surface area (Å²) in [5, 5.41) is 27.8. The standard InChI is InChI=1S/C21H37N5O7/c27-18(26-4-2-1-3-5-26)14-22-6-8-23(15-19(28)29)10-12-25(17-21(32)33)13-11-24(9-7-22)16-20(30)31/h1-17H2,(H,28,29)(H,30,31)(H,32,33). The third kappa shape index (κ3) is 10.9. The second-order valence-electron chi connectivity index (χ2n) is 8.73. The quantitative estimate of drug-likeness (QED) is 0.379. The summed E-state index contributed by atoms with van der Waals surface area (Å²) in [6, 6.07) is 0. The van der Waals surface area contributed by atoms with Crippen LogP contribution in [0.3, 0.4) is 0 Å². The zero-order valence-corrected chi connectivity index (χ0v) is 19.2. The largest absolute Gasteiger partial charge is 0.480 e. The Morgan fingerprint density at radius 3 is 1.06 bits per heavy atom. The zero-order chi connectivity index (χ0) is 24.2. The van der Waals surface area contributed by atoms with Crippen LogP contribution in [-0.2, 0) is 19.2 Å². The van der Waals surface area contributed by atoms with Gasteiger partial charge in [-0.15, -0.1) is 0 Å². The third-order valence-corrected chi connectivity index (χ3v) is 6.07. The van der Waals surface area contributed by atoms with Crippen molar-refractivity contribution < 1.29 is 34.5 Å². The number of piperidine rings is 1. The Kier molecular flexibility index (Phi) is 11.5. The van der Waals surface area contributed by atoms with Crippen LogP contribution in [0.5, 0.6) is 0 Å². The molecule has 0 aromatic carbocycles. The molecular formula is C21H37N5O7. The molecule has 1 amide bonds. The van der Waals surface area contributed by atoms with Gasteiger partial charge in [0.2, 0.25) is 5.91 Å². The van der Waals surface area contributed by atoms with E-state index < -0.39 is 17.9 Å². The first-order valence-corrected chi connectivity index (χ1v) is 11.6. The molecule has 0 atom stereocenters. The molecule has 2 saturated heterocycles. The van der Waals surface area contributed by atoms with Crippen LogP contribution in [0.1, 0.15) is 19.3 Å². The van der Waals surface area contributed by atoms with Crippen molar-refractivity contribution in [2.45, 2.75) is 19.3 Å². The van der Waals surface area contributed by atoms with Crippen molar-refractivity contribution >= 4 is 23.8 Å². The van der Waals surface area contributed by atoms with Crippen LogP contribution in [0.25, 0.3) is 0 Å². The second-order valence-corrected chi connectivity index (χ2v) is 8.73. The number of carbonyl (C=O) groups excluding carboxylic acids is 1. The van der Waals surface area contributed by atoms with E-state index >= 15 is 0 Å². The van der Waals surface area contributed by atoms with Gasteiger partial charge in [-0.2, -0.15) is 0 Å². The molecule has 0 saturated carbocycles. The monoisotopic (exact) mass is 471 g/mol. The SMILES string of the molecule is O=C(O)CN1CCN(CC(=O)O)CCN(CC(=O)N2CCCCC2)CCN(CC(=O)O)CC1. The van der Waals surface area contributed by atoms with Crippen LogP contribution in [0.15, 0.2) is 0 Å². The van der Waals surface area contributed by atoms with E-state index in [1.165, 1.54) is 0 Å². The molecular weight excluding hydrogens is 434 g/mol. The Hall–Kier alpha value is -2.28. The maximum atomic E-state index is 12.8. The molecule has 0 bridgehead atoms. The van der Waals surface area contributed by atoms with Gasteiger partial charge in [-0.3, -0.25) is 38.8 Å². The number of likely N-dealkylation sites (tertiary alicyclic amines) is 1. The summed E-state index contributed by atoms with van der Waals surface area (Å²) in [5.74, 6) is -2.87. The van der Waals surface area contributed by atoms with E-state index in [-0.39, 0.29) is 32.1 Å². The number of rotatable bonds is 8. The molecule has 0 radical (unpaired) electrons. The molecule has 3 N–H and O–H groups in total. The third-order valence-electron chi connectivity index (χ3n) is 6.07. The molecule has 2 aliphatic rings. The fourth-order valence-corrected chi connectivity index (χ4v) is 4.22. The van der Waals surface area contributed by atoms with Crippen molar-refractivity contribution in [3.63, 3.8) is 0 Å². The predicted octanol–water partition coefficient (Wildman–Crippen LogP) is -1.53. The highest BCUT2D eigenvalue weighted by Gasteiger charge is 2.23. The van der Waals surface area contributed by atoms with Gasteiger partial charge < -0.3 is 20.2 Å². The molecule has 33 heavy (non-hydrogen) atoms. The Morgan fingerprint density at radius 2 is 0.758 bits per heavy atom. The summed E-state index contributed by atoms with van der Waals surface area (Å²) >= 11 is 0. The van der Waals surface area contributed by atoms with E-state index in [0.29, 0.717) is 52.4 Å². The van der Waals surface area contributed by atoms with Crippen LogP contribution in [0, 0.1) is 0 Å². The van der Waals surface area contributed by atoms with Crippen LogP contribution >= 0.6 is 0 Å². The summed E-state index contributed by atoms with van der Waals surface area (Å²) in [4.78, 5) is 55.8. The predicted molar refractivity (Wildman–Crippen MR) is 119 cm³/mol. The molecule has 12 heteroatoms. The molecule has 0 unspecified atom stereocenters. The lowest BCUT2D eigenvalue weighted by molar-refractivity contribution is -0.140. The maximum Gasteiger partial charge on any atom is 0.317 e. The first-order chi connectivity index (χ1) is 15.7. The molecule has 2 aliphatic heterocycles. The number of hydrogen-bond acceptors (Lipinski definition) is 8. The van der Waals surface area contributed by atoms with Crippen molar-refractivity contribution in [3.8, 4) is 0 Å². The van der Waals surface area contributed by atoms with Gasteiger partial charge in [-0.1, -0.05) is 0 Å². The van der Waals surface area contributed by atoms with E-state index in [4.69, 9.17) is 0 Å². The number of amides is 1. The molecule has 0 aromatic rings. The molecule has 2 fully saturated rings. The second kappa shape index (κ2) is 14.1. The van der Waals surface area contributed by atoms with Gasteiger partial charge >= 0.3 is 17.9 Å². The minimum Gasteiger partial charge on any atom is -0.480 e. The van der Waals surface area contributed by atoms with Crippen molar-refractivity contribution in [1.29, 1.82) is 0 Å². The Morgan fingerprint density at radius 1 is 0.455 bits per heavy atom. The average molecular weight is 472 g/mol. The number of carboxylic acid groups (broad SMARTS) is 3. The molecule has 12 nitrogen and oxygen atoms in total. The summed E-state index contributed by atoms with van der Waals surface area (Å²) in [7, 11) is 0. The van der Waals surface area contributed by atoms with Gasteiger partial charge in [-0.25, -0.2) is 0 Å². The summed E-state index contributed by atoms with van der Waals surface area (Å²) in [6.07, 6.45) is 3.12. The first kappa shape index (κ1) is 27.0. The van der Waals surface area contributed by atoms with Gasteiger partial charge in [0.15, 0.2) is 0 Å². The van der Waals surface area contributed by atoms with Gasteiger partial charge in [0.05, 0.1) is 26.2 Å². The number of hydrogen-bond donors (Lipinski definition) is 3. The highest BCUT2D eigenvalue weighted by molar-refractivity contribution is 5.78. The average Bonchev–Trinajstić information content (AvgIpc) is 2.75. The lowest BCUT2D eigenvalue weighted by Crippen LogP contribution is -2.50. The first-order valence-electron chi connectivity index (χ1n) is 11.6. The number of nitrogens with zero attached hydrogens (tertiary/aromatic N) is 5. The Bertz CT molecular complexity index is 639. The van der Waals surface area contributed by atoms with Gasteiger partial charge in [0.25, 0.3) is 0 Å². The smallest absolute Gasteiger partial charge is 0.317 e. The minimum atomic E-state index is -0.987. The van der Waals surface area contributed by atoms with Crippen molar-refractivity contribution in [2.24, 2.45) is 0 Å². The fourth-order valence-electron chi connectivity index (χ4n) is 4.22. The van der Waals surface area contributed by atoms with E-state index in [1.807, 2.05) is 9.80 Å². The molecule has 0 spiro atoms. The topological polar surface area (TPSA) is 145 Å². The lowest BCUT2D eigenvalue weighted by Gasteiger charge is -2.34. The molecule has 2 rings (SSSR count). The van der Waals surface area contributed by atoms with Crippen LogP contribution in [0.2, 0.25) is 0 Å². The van der Waals surface area contributed by atoms with Gasteiger partial charge in [-0.05, 0) is 19.3 Å². The van der Waals surface area contributed by atoms with Crippen molar-refractivity contribution in [3.05, 3.63) is 0 Å². The van der Waals surface area contributed by atoms with E-state index in [1.54, 1.807) is 14.7 Å². The maximum absolute atomic E-state index is 12.8. The number of carbonyl (C=O) groups is 4. The van der Waals surface area contributed by atoms with Gasteiger partial charge in [0.1, 0.15) is 0 Å². The van der Waals surface area contributed by atoms with Gasteiger partial charge in [0, 0.05) is 65.4 Å². The van der Waals surface area contributed by atoms with Crippen LogP contribution in [0.4, 0.5) is 0 Å². The van der Waals surface area contributed by atoms with Crippen molar-refractivity contribution in [1.82, 2.24) is 24.5 Å². The number of aliphatic carboxylic acids is 3. The highest BCUT2D eigenvalue weighted by atomic mass is 16.4. The number of carboxylic acids is 3. The van der Waals surface area contributed by atoms with E-state index in [9.17, 15) is 34.5 Å². The summed E-state index contributed by atoms with van der Waals surface area (Å²) in [6.45, 7) is 4.40. The van der Waals surface area contributed by atoms with Crippen molar-refractivity contribution in [2.75, 3.05) is 91.6 Å². The normalized spacial score (nSPS) is 21.2. The zero-order valence-electron chi connectivity index (χ0n) is 19.2. The Labute approximate surface area is 194 Å². The molecule has 188 valence electrons.